The molecule has 3 heterocycles. The van der Waals surface area contributed by atoms with Crippen molar-refractivity contribution in [1.82, 2.24) is 15.2 Å². The maximum atomic E-state index is 13.9. The lowest BCUT2D eigenvalue weighted by atomic mass is 10.1. The number of carbonyl (C=O) groups excluding carboxylic acids is 1. The normalized spacial score (nSPS) is 13.5. The first kappa shape index (κ1) is 17.3. The summed E-state index contributed by atoms with van der Waals surface area (Å²) in [4.78, 5) is 14.7. The van der Waals surface area contributed by atoms with Crippen molar-refractivity contribution in [2.75, 3.05) is 11.9 Å². The average Bonchev–Trinajstić information content (AvgIpc) is 3.25. The van der Waals surface area contributed by atoms with Crippen molar-refractivity contribution < 1.29 is 18.2 Å². The first-order chi connectivity index (χ1) is 13.1. The molecule has 1 amide bonds. The molecule has 0 radical (unpaired) electrons. The molecule has 27 heavy (non-hydrogen) atoms. The predicted octanol–water partition coefficient (Wildman–Crippen LogP) is 3.61. The van der Waals surface area contributed by atoms with Gasteiger partial charge in [0.25, 0.3) is 5.91 Å². The van der Waals surface area contributed by atoms with E-state index in [1.54, 1.807) is 30.0 Å². The van der Waals surface area contributed by atoms with Crippen molar-refractivity contribution in [3.05, 3.63) is 58.4 Å². The summed E-state index contributed by atoms with van der Waals surface area (Å²) in [6.07, 6.45) is 1.13. The van der Waals surface area contributed by atoms with Gasteiger partial charge in [-0.25, -0.2) is 4.39 Å². The molecule has 2 aromatic heterocycles. The Kier molecular flexibility index (Phi) is 4.39. The second kappa shape index (κ2) is 6.86. The fraction of sp³-hybridized carbons (Fsp3) is 0.316. The van der Waals surface area contributed by atoms with Crippen LogP contribution in [-0.4, -0.2) is 27.7 Å². The molecule has 3 aromatic rings. The number of nitrogens with one attached hydrogen (secondary N) is 1. The van der Waals surface area contributed by atoms with Crippen LogP contribution < -0.4 is 5.32 Å². The van der Waals surface area contributed by atoms with Crippen molar-refractivity contribution in [1.29, 1.82) is 0 Å². The lowest BCUT2D eigenvalue weighted by Gasteiger charge is -2.26. The van der Waals surface area contributed by atoms with E-state index in [1.165, 1.54) is 6.07 Å². The van der Waals surface area contributed by atoms with Gasteiger partial charge in [0.1, 0.15) is 22.9 Å². The van der Waals surface area contributed by atoms with Crippen molar-refractivity contribution >= 4 is 17.4 Å². The third-order valence-electron chi connectivity index (χ3n) is 4.71. The Morgan fingerprint density at radius 1 is 1.30 bits per heavy atom. The SMILES string of the molecule is CCc1onc(C)c1C(=O)N1CCc2onc(Nc3ccccc3F)c2C1. The van der Waals surface area contributed by atoms with Gasteiger partial charge in [0.05, 0.1) is 23.5 Å². The van der Waals surface area contributed by atoms with Gasteiger partial charge in [-0.3, -0.25) is 4.79 Å². The van der Waals surface area contributed by atoms with Crippen LogP contribution in [-0.2, 0) is 19.4 Å². The summed E-state index contributed by atoms with van der Waals surface area (Å²) in [6, 6.07) is 6.34. The molecule has 0 bridgehead atoms. The Balaban J connectivity index is 1.60. The van der Waals surface area contributed by atoms with E-state index in [0.717, 1.165) is 5.56 Å². The molecule has 140 valence electrons. The van der Waals surface area contributed by atoms with Gasteiger partial charge < -0.3 is 19.3 Å². The molecular formula is C19H19FN4O3. The molecule has 0 fully saturated rings. The number of benzene rings is 1. The minimum atomic E-state index is -0.384. The molecule has 1 aliphatic rings. The molecule has 0 aliphatic carbocycles. The van der Waals surface area contributed by atoms with Gasteiger partial charge in [-0.05, 0) is 19.1 Å². The van der Waals surface area contributed by atoms with Gasteiger partial charge in [0.2, 0.25) is 0 Å². The van der Waals surface area contributed by atoms with Gasteiger partial charge in [-0.15, -0.1) is 0 Å². The van der Waals surface area contributed by atoms with Crippen LogP contribution in [0.4, 0.5) is 15.9 Å². The Hall–Kier alpha value is -3.16. The number of para-hydroxylation sites is 1. The van der Waals surface area contributed by atoms with Crippen LogP contribution in [0.25, 0.3) is 0 Å². The predicted molar refractivity (Wildman–Crippen MR) is 95.2 cm³/mol. The Bertz CT molecular complexity index is 995. The van der Waals surface area contributed by atoms with E-state index in [-0.39, 0.29) is 11.7 Å². The molecular weight excluding hydrogens is 351 g/mol. The van der Waals surface area contributed by atoms with Crippen LogP contribution in [0.3, 0.4) is 0 Å². The summed E-state index contributed by atoms with van der Waals surface area (Å²) in [5, 5.41) is 10.9. The number of nitrogens with zero attached hydrogens (tertiary/aromatic N) is 3. The zero-order valence-corrected chi connectivity index (χ0v) is 15.1. The molecule has 0 spiro atoms. The molecule has 1 aromatic carbocycles. The van der Waals surface area contributed by atoms with Gasteiger partial charge in [0.15, 0.2) is 5.82 Å². The maximum absolute atomic E-state index is 13.9. The molecule has 0 unspecified atom stereocenters. The monoisotopic (exact) mass is 370 g/mol. The van der Waals surface area contributed by atoms with Crippen LogP contribution in [0.2, 0.25) is 0 Å². The first-order valence-electron chi connectivity index (χ1n) is 8.81. The number of hydrogen-bond acceptors (Lipinski definition) is 6. The van der Waals surface area contributed by atoms with Gasteiger partial charge >= 0.3 is 0 Å². The summed E-state index contributed by atoms with van der Waals surface area (Å²) in [5.41, 5.74) is 2.16. The number of amides is 1. The number of carbonyl (C=O) groups is 1. The number of rotatable bonds is 4. The second-order valence-corrected chi connectivity index (χ2v) is 6.43. The smallest absolute Gasteiger partial charge is 0.259 e. The van der Waals surface area contributed by atoms with Crippen LogP contribution in [0.5, 0.6) is 0 Å². The van der Waals surface area contributed by atoms with Crippen molar-refractivity contribution in [3.8, 4) is 0 Å². The largest absolute Gasteiger partial charge is 0.360 e. The van der Waals surface area contributed by atoms with Gasteiger partial charge in [-0.1, -0.05) is 29.4 Å². The second-order valence-electron chi connectivity index (χ2n) is 6.43. The molecule has 8 heteroatoms. The van der Waals surface area contributed by atoms with E-state index in [1.807, 2.05) is 6.92 Å². The third kappa shape index (κ3) is 3.07. The number of halogens is 1. The van der Waals surface area contributed by atoms with Gasteiger partial charge in [0, 0.05) is 19.4 Å². The molecule has 4 rings (SSSR count). The highest BCUT2D eigenvalue weighted by Crippen LogP contribution is 2.30. The average molecular weight is 370 g/mol. The summed E-state index contributed by atoms with van der Waals surface area (Å²) in [5.74, 6) is 1.19. The van der Waals surface area contributed by atoms with E-state index in [0.29, 0.717) is 60.2 Å². The zero-order valence-electron chi connectivity index (χ0n) is 15.1. The van der Waals surface area contributed by atoms with Crippen LogP contribution in [0.15, 0.2) is 33.3 Å². The molecule has 0 saturated carbocycles. The molecule has 1 aliphatic heterocycles. The first-order valence-corrected chi connectivity index (χ1v) is 8.81. The van der Waals surface area contributed by atoms with Crippen LogP contribution in [0, 0.1) is 12.7 Å². The van der Waals surface area contributed by atoms with Crippen LogP contribution in [0.1, 0.15) is 40.1 Å². The Labute approximate surface area is 155 Å². The summed E-state index contributed by atoms with van der Waals surface area (Å²) < 4.78 is 24.6. The molecule has 1 N–H and O–H groups in total. The molecule has 0 atom stereocenters. The number of aromatic nitrogens is 2. The van der Waals surface area contributed by atoms with E-state index in [2.05, 4.69) is 15.6 Å². The fourth-order valence-electron chi connectivity index (χ4n) is 3.26. The van der Waals surface area contributed by atoms with Crippen molar-refractivity contribution in [2.24, 2.45) is 0 Å². The number of aryl methyl sites for hydroxylation is 2. The third-order valence-corrected chi connectivity index (χ3v) is 4.71. The number of hydrogen-bond donors (Lipinski definition) is 1. The van der Waals surface area contributed by atoms with Crippen molar-refractivity contribution in [2.45, 2.75) is 33.2 Å². The molecule has 7 nitrogen and oxygen atoms in total. The lowest BCUT2D eigenvalue weighted by molar-refractivity contribution is 0.0726. The Morgan fingerprint density at radius 3 is 2.89 bits per heavy atom. The number of fused-ring (bicyclic) bond motifs is 1. The highest BCUT2D eigenvalue weighted by Gasteiger charge is 2.31. The highest BCUT2D eigenvalue weighted by atomic mass is 19.1. The standard InChI is InChI=1S/C19H19FN4O3/c1-3-15-17(11(2)22-26-15)19(25)24-9-8-16-12(10-24)18(23-27-16)21-14-7-5-4-6-13(14)20/h4-7H,3,8-10H2,1-2H3,(H,21,23). The summed E-state index contributed by atoms with van der Waals surface area (Å²) >= 11 is 0. The molecule has 0 saturated heterocycles. The summed E-state index contributed by atoms with van der Waals surface area (Å²) in [6.45, 7) is 4.51. The van der Waals surface area contributed by atoms with Crippen molar-refractivity contribution in [3.63, 3.8) is 0 Å². The lowest BCUT2D eigenvalue weighted by Crippen LogP contribution is -2.36. The fourth-order valence-corrected chi connectivity index (χ4v) is 3.26. The summed E-state index contributed by atoms with van der Waals surface area (Å²) in [7, 11) is 0. The van der Waals surface area contributed by atoms with E-state index in [9.17, 15) is 9.18 Å². The topological polar surface area (TPSA) is 84.4 Å². The highest BCUT2D eigenvalue weighted by molar-refractivity contribution is 5.96. The van der Waals surface area contributed by atoms with E-state index in [4.69, 9.17) is 9.05 Å². The zero-order chi connectivity index (χ0) is 19.0. The van der Waals surface area contributed by atoms with E-state index < -0.39 is 0 Å². The Morgan fingerprint density at radius 2 is 2.11 bits per heavy atom. The maximum Gasteiger partial charge on any atom is 0.259 e. The quantitative estimate of drug-likeness (QED) is 0.755. The van der Waals surface area contributed by atoms with Crippen LogP contribution >= 0.6 is 0 Å². The number of anilines is 2. The van der Waals surface area contributed by atoms with Gasteiger partial charge in [-0.2, -0.15) is 0 Å². The minimum Gasteiger partial charge on any atom is -0.360 e. The van der Waals surface area contributed by atoms with E-state index >= 15 is 0 Å². The minimum absolute atomic E-state index is 0.130.